The minimum absolute atomic E-state index is 0.0721. The van der Waals surface area contributed by atoms with E-state index in [1.807, 2.05) is 12.1 Å². The SMILES string of the molecule is CC(C)(O)c1noc(-c2ncn3c2c(=O)n(CCN2CCOCC2)c2c(Cl)cccc23)n1. The predicted octanol–water partition coefficient (Wildman–Crippen LogP) is 1.91. The molecule has 1 aromatic carbocycles. The first-order valence-corrected chi connectivity index (χ1v) is 10.8. The van der Waals surface area contributed by atoms with E-state index in [-0.39, 0.29) is 23.0 Å². The third kappa shape index (κ3) is 3.58. The Kier molecular flexibility index (Phi) is 5.25. The maximum Gasteiger partial charge on any atom is 0.279 e. The Labute approximate surface area is 188 Å². The molecule has 0 aliphatic carbocycles. The van der Waals surface area contributed by atoms with E-state index >= 15 is 0 Å². The molecule has 0 bridgehead atoms. The summed E-state index contributed by atoms with van der Waals surface area (Å²) < 4.78 is 14.1. The van der Waals surface area contributed by atoms with Crippen molar-refractivity contribution in [3.63, 3.8) is 0 Å². The number of ether oxygens (including phenoxy) is 1. The minimum Gasteiger partial charge on any atom is -0.382 e. The summed E-state index contributed by atoms with van der Waals surface area (Å²) in [4.78, 5) is 24.6. The number of benzene rings is 1. The van der Waals surface area contributed by atoms with Gasteiger partial charge < -0.3 is 18.9 Å². The monoisotopic (exact) mass is 458 g/mol. The van der Waals surface area contributed by atoms with Crippen LogP contribution in [0.5, 0.6) is 0 Å². The molecule has 1 saturated heterocycles. The van der Waals surface area contributed by atoms with Gasteiger partial charge in [-0.05, 0) is 26.0 Å². The fourth-order valence-electron chi connectivity index (χ4n) is 3.93. The van der Waals surface area contributed by atoms with Crippen molar-refractivity contribution in [2.24, 2.45) is 0 Å². The maximum absolute atomic E-state index is 13.7. The summed E-state index contributed by atoms with van der Waals surface area (Å²) in [5.74, 6) is 0.188. The number of aromatic nitrogens is 5. The zero-order valence-corrected chi connectivity index (χ0v) is 18.5. The first-order valence-electron chi connectivity index (χ1n) is 10.4. The lowest BCUT2D eigenvalue weighted by atomic mass is 10.1. The highest BCUT2D eigenvalue weighted by molar-refractivity contribution is 6.35. The molecule has 4 aromatic rings. The van der Waals surface area contributed by atoms with E-state index in [0.29, 0.717) is 42.4 Å². The van der Waals surface area contributed by atoms with E-state index in [1.165, 1.54) is 0 Å². The van der Waals surface area contributed by atoms with Crippen LogP contribution in [0.2, 0.25) is 5.02 Å². The summed E-state index contributed by atoms with van der Waals surface area (Å²) in [6.45, 7) is 7.27. The molecule has 168 valence electrons. The van der Waals surface area contributed by atoms with Gasteiger partial charge in [0.15, 0.2) is 5.69 Å². The van der Waals surface area contributed by atoms with Crippen molar-refractivity contribution in [2.45, 2.75) is 26.0 Å². The lowest BCUT2D eigenvalue weighted by molar-refractivity contribution is 0.0364. The van der Waals surface area contributed by atoms with Gasteiger partial charge in [-0.3, -0.25) is 14.1 Å². The predicted molar refractivity (Wildman–Crippen MR) is 118 cm³/mol. The van der Waals surface area contributed by atoms with E-state index in [2.05, 4.69) is 20.0 Å². The van der Waals surface area contributed by atoms with Gasteiger partial charge in [0.25, 0.3) is 11.4 Å². The average molecular weight is 459 g/mol. The minimum atomic E-state index is -1.28. The molecular weight excluding hydrogens is 436 g/mol. The molecular formula is C21H23ClN6O4. The number of rotatable bonds is 5. The second-order valence-electron chi connectivity index (χ2n) is 8.31. The van der Waals surface area contributed by atoms with Gasteiger partial charge in [-0.15, -0.1) is 0 Å². The second-order valence-corrected chi connectivity index (χ2v) is 8.72. The Bertz CT molecular complexity index is 1350. The molecule has 1 fully saturated rings. The van der Waals surface area contributed by atoms with Gasteiger partial charge in [0, 0.05) is 26.2 Å². The van der Waals surface area contributed by atoms with Gasteiger partial charge in [0.05, 0.1) is 29.3 Å². The fraction of sp³-hybridized carbons (Fsp3) is 0.429. The second kappa shape index (κ2) is 7.96. The maximum atomic E-state index is 13.7. The zero-order valence-electron chi connectivity index (χ0n) is 17.8. The van der Waals surface area contributed by atoms with Crippen LogP contribution in [0, 0.1) is 0 Å². The number of imidazole rings is 1. The van der Waals surface area contributed by atoms with Crippen molar-refractivity contribution in [3.8, 4) is 11.6 Å². The first-order chi connectivity index (χ1) is 15.3. The summed E-state index contributed by atoms with van der Waals surface area (Å²) in [6.07, 6.45) is 1.55. The molecule has 1 aliphatic heterocycles. The molecule has 0 amide bonds. The van der Waals surface area contributed by atoms with Crippen molar-refractivity contribution < 1.29 is 14.4 Å². The Hall–Kier alpha value is -2.79. The summed E-state index contributed by atoms with van der Waals surface area (Å²) in [7, 11) is 0. The van der Waals surface area contributed by atoms with E-state index < -0.39 is 5.60 Å². The smallest absolute Gasteiger partial charge is 0.279 e. The number of morpholine rings is 1. The summed E-state index contributed by atoms with van der Waals surface area (Å²) >= 11 is 6.54. The van der Waals surface area contributed by atoms with E-state index in [1.54, 1.807) is 35.2 Å². The normalized spacial score (nSPS) is 15.8. The quantitative estimate of drug-likeness (QED) is 0.483. The highest BCUT2D eigenvalue weighted by Gasteiger charge is 2.27. The highest BCUT2D eigenvalue weighted by Crippen LogP contribution is 2.28. The largest absolute Gasteiger partial charge is 0.382 e. The summed E-state index contributed by atoms with van der Waals surface area (Å²) in [5.41, 5.74) is 0.430. The lowest BCUT2D eigenvalue weighted by Crippen LogP contribution is -2.39. The molecule has 0 spiro atoms. The first kappa shape index (κ1) is 21.1. The fourth-order valence-corrected chi connectivity index (χ4v) is 4.21. The van der Waals surface area contributed by atoms with Crippen LogP contribution in [-0.4, -0.2) is 66.9 Å². The summed E-state index contributed by atoms with van der Waals surface area (Å²) in [6, 6.07) is 5.49. The van der Waals surface area contributed by atoms with E-state index in [4.69, 9.17) is 20.9 Å². The van der Waals surface area contributed by atoms with Crippen LogP contribution < -0.4 is 5.56 Å². The summed E-state index contributed by atoms with van der Waals surface area (Å²) in [5, 5.41) is 14.5. The standard InChI is InChI=1S/C21H23ClN6O4/c1-21(2,30)20-24-18(32-25-20)15-17-19(29)27(7-6-26-8-10-31-11-9-26)16-13(22)4-3-5-14(16)28(17)12-23-15/h3-5,12,30H,6-11H2,1-2H3. The highest BCUT2D eigenvalue weighted by atomic mass is 35.5. The van der Waals surface area contributed by atoms with Crippen molar-refractivity contribution in [2.75, 3.05) is 32.8 Å². The zero-order chi connectivity index (χ0) is 22.5. The Morgan fingerprint density at radius 2 is 1.97 bits per heavy atom. The third-order valence-corrected chi connectivity index (χ3v) is 5.93. The van der Waals surface area contributed by atoms with Crippen molar-refractivity contribution in [3.05, 3.63) is 45.7 Å². The molecule has 3 aromatic heterocycles. The Morgan fingerprint density at radius 1 is 1.19 bits per heavy atom. The molecule has 0 radical (unpaired) electrons. The topological polar surface area (TPSA) is 111 Å². The van der Waals surface area contributed by atoms with Crippen LogP contribution in [-0.2, 0) is 16.9 Å². The van der Waals surface area contributed by atoms with Gasteiger partial charge in [0.2, 0.25) is 5.82 Å². The molecule has 4 heterocycles. The molecule has 0 atom stereocenters. The van der Waals surface area contributed by atoms with Crippen LogP contribution in [0.3, 0.4) is 0 Å². The average Bonchev–Trinajstić information content (AvgIpc) is 3.42. The molecule has 32 heavy (non-hydrogen) atoms. The number of para-hydroxylation sites is 1. The Morgan fingerprint density at radius 3 is 2.69 bits per heavy atom. The van der Waals surface area contributed by atoms with Crippen LogP contribution in [0.1, 0.15) is 19.7 Å². The molecule has 1 aliphatic rings. The van der Waals surface area contributed by atoms with Crippen molar-refractivity contribution in [1.29, 1.82) is 0 Å². The number of fused-ring (bicyclic) bond motifs is 3. The molecule has 5 rings (SSSR count). The van der Waals surface area contributed by atoms with E-state index in [9.17, 15) is 9.90 Å². The van der Waals surface area contributed by atoms with Gasteiger partial charge in [0.1, 0.15) is 17.4 Å². The van der Waals surface area contributed by atoms with Crippen molar-refractivity contribution >= 4 is 28.2 Å². The lowest BCUT2D eigenvalue weighted by Gasteiger charge is -2.27. The number of halogens is 1. The Balaban J connectivity index is 1.67. The molecule has 0 unspecified atom stereocenters. The number of hydrogen-bond donors (Lipinski definition) is 1. The molecule has 10 nitrogen and oxygen atoms in total. The van der Waals surface area contributed by atoms with Gasteiger partial charge >= 0.3 is 0 Å². The number of nitrogens with zero attached hydrogens (tertiary/aromatic N) is 6. The van der Waals surface area contributed by atoms with Crippen molar-refractivity contribution in [1.82, 2.24) is 29.0 Å². The third-order valence-electron chi connectivity index (χ3n) is 5.63. The van der Waals surface area contributed by atoms with E-state index in [0.717, 1.165) is 18.6 Å². The van der Waals surface area contributed by atoms with Gasteiger partial charge in [-0.25, -0.2) is 4.98 Å². The van der Waals surface area contributed by atoms with Crippen LogP contribution in [0.25, 0.3) is 28.1 Å². The molecule has 0 saturated carbocycles. The van der Waals surface area contributed by atoms with Gasteiger partial charge in [-0.2, -0.15) is 4.98 Å². The molecule has 11 heteroatoms. The van der Waals surface area contributed by atoms with Gasteiger partial charge in [-0.1, -0.05) is 22.8 Å². The van der Waals surface area contributed by atoms with Crippen LogP contribution in [0.4, 0.5) is 0 Å². The molecule has 1 N–H and O–H groups in total. The van der Waals surface area contributed by atoms with Crippen LogP contribution in [0.15, 0.2) is 33.8 Å². The number of aliphatic hydroxyl groups is 1. The van der Waals surface area contributed by atoms with Crippen LogP contribution >= 0.6 is 11.6 Å². The number of hydrogen-bond acceptors (Lipinski definition) is 8.